The van der Waals surface area contributed by atoms with Crippen molar-refractivity contribution in [2.45, 2.75) is 38.3 Å². The van der Waals surface area contributed by atoms with E-state index in [1.165, 1.54) is 12.1 Å². The van der Waals surface area contributed by atoms with Crippen LogP contribution in [0.5, 0.6) is 0 Å². The molecule has 2 heterocycles. The van der Waals surface area contributed by atoms with Gasteiger partial charge < -0.3 is 4.74 Å². The maximum absolute atomic E-state index is 14.0. The third-order valence-electron chi connectivity index (χ3n) is 4.68. The first-order valence-corrected chi connectivity index (χ1v) is 8.36. The Balaban J connectivity index is 1.70. The lowest BCUT2D eigenvalue weighted by atomic mass is 9.91. The second-order valence-electron chi connectivity index (χ2n) is 6.25. The summed E-state index contributed by atoms with van der Waals surface area (Å²) in [4.78, 5) is 0. The number of nitrogens with zero attached hydrogens (tertiary/aromatic N) is 3. The summed E-state index contributed by atoms with van der Waals surface area (Å²) in [6.07, 6.45) is 9.15. The number of halogens is 1. The Morgan fingerprint density at radius 2 is 2.25 bits per heavy atom. The number of ether oxygens (including phenoxy) is 1. The van der Waals surface area contributed by atoms with Crippen molar-refractivity contribution in [3.8, 4) is 6.07 Å². The van der Waals surface area contributed by atoms with E-state index >= 15 is 0 Å². The lowest BCUT2D eigenvalue weighted by Gasteiger charge is -2.22. The van der Waals surface area contributed by atoms with E-state index in [0.29, 0.717) is 0 Å². The summed E-state index contributed by atoms with van der Waals surface area (Å²) >= 11 is 0. The van der Waals surface area contributed by atoms with Gasteiger partial charge in [-0.1, -0.05) is 12.1 Å². The number of nitriles is 1. The summed E-state index contributed by atoms with van der Waals surface area (Å²) in [5.74, 6) is -0.481. The highest BCUT2D eigenvalue weighted by Gasteiger charge is 2.23. The molecule has 2 aromatic rings. The molecule has 0 saturated carbocycles. The summed E-state index contributed by atoms with van der Waals surface area (Å²) in [5.41, 5.74) is 3.92. The molecule has 1 aromatic heterocycles. The van der Waals surface area contributed by atoms with Crippen molar-refractivity contribution in [1.82, 2.24) is 9.78 Å². The first-order valence-electron chi connectivity index (χ1n) is 8.36. The molecule has 1 fully saturated rings. The minimum absolute atomic E-state index is 0.00306. The highest BCUT2D eigenvalue weighted by atomic mass is 19.1. The summed E-state index contributed by atoms with van der Waals surface area (Å²) in [6.45, 7) is 0.777. The minimum atomic E-state index is -0.481. The Morgan fingerprint density at radius 1 is 1.33 bits per heavy atom. The van der Waals surface area contributed by atoms with Crippen molar-refractivity contribution in [3.05, 3.63) is 58.7 Å². The summed E-state index contributed by atoms with van der Waals surface area (Å²) in [6, 6.07) is 6.64. The molecular weight excluding hydrogens is 305 g/mol. The SMILES string of the molecule is N#Cc1ccc(C2=CCCc3nn(C4CCCCO4)cc32)cc1F. The standard InChI is InChI=1S/C19H18FN3O/c20-17-10-13(7-8-14(17)11-21)15-4-3-5-18-16(15)12-23(22-18)19-6-1-2-9-24-19/h4,7-8,10,12,19H,1-3,5-6,9H2. The molecule has 1 atom stereocenters. The molecule has 4 nitrogen and oxygen atoms in total. The molecule has 0 bridgehead atoms. The van der Waals surface area contributed by atoms with Gasteiger partial charge in [-0.25, -0.2) is 9.07 Å². The summed E-state index contributed by atoms with van der Waals surface area (Å²) < 4.78 is 21.7. The largest absolute Gasteiger partial charge is 0.357 e. The number of fused-ring (bicyclic) bond motifs is 1. The summed E-state index contributed by atoms with van der Waals surface area (Å²) in [7, 11) is 0. The fourth-order valence-electron chi connectivity index (χ4n) is 3.43. The first-order chi connectivity index (χ1) is 11.8. The van der Waals surface area contributed by atoms with Gasteiger partial charge in [0.25, 0.3) is 0 Å². The van der Waals surface area contributed by atoms with E-state index in [2.05, 4.69) is 6.08 Å². The Hall–Kier alpha value is -2.45. The van der Waals surface area contributed by atoms with Crippen LogP contribution in [0.4, 0.5) is 4.39 Å². The number of benzene rings is 1. The lowest BCUT2D eigenvalue weighted by molar-refractivity contribution is -0.0396. The maximum atomic E-state index is 14.0. The number of aryl methyl sites for hydroxylation is 1. The zero-order valence-electron chi connectivity index (χ0n) is 13.3. The van der Waals surface area contributed by atoms with E-state index in [-0.39, 0.29) is 11.8 Å². The normalized spacial score (nSPS) is 20.2. The molecule has 0 spiro atoms. The van der Waals surface area contributed by atoms with Gasteiger partial charge >= 0.3 is 0 Å². The van der Waals surface area contributed by atoms with E-state index in [9.17, 15) is 4.39 Å². The van der Waals surface area contributed by atoms with Gasteiger partial charge in [0.1, 0.15) is 18.1 Å². The molecule has 24 heavy (non-hydrogen) atoms. The van der Waals surface area contributed by atoms with E-state index in [4.69, 9.17) is 15.1 Å². The van der Waals surface area contributed by atoms with Gasteiger partial charge in [-0.3, -0.25) is 0 Å². The van der Waals surface area contributed by atoms with Gasteiger partial charge in [0.15, 0.2) is 0 Å². The second-order valence-corrected chi connectivity index (χ2v) is 6.25. The quantitative estimate of drug-likeness (QED) is 0.840. The van der Waals surface area contributed by atoms with Crippen molar-refractivity contribution in [1.29, 1.82) is 5.26 Å². The number of hydrogen-bond donors (Lipinski definition) is 0. The Bertz CT molecular complexity index is 841. The van der Waals surface area contributed by atoms with Gasteiger partial charge in [0.2, 0.25) is 0 Å². The van der Waals surface area contributed by atoms with Crippen molar-refractivity contribution in [2.24, 2.45) is 0 Å². The summed E-state index contributed by atoms with van der Waals surface area (Å²) in [5, 5.41) is 13.6. The number of allylic oxidation sites excluding steroid dienone is 1. The molecule has 0 amide bonds. The van der Waals surface area contributed by atoms with Crippen molar-refractivity contribution >= 4 is 5.57 Å². The van der Waals surface area contributed by atoms with Crippen LogP contribution >= 0.6 is 0 Å². The lowest BCUT2D eigenvalue weighted by Crippen LogP contribution is -2.18. The first kappa shape index (κ1) is 15.1. The van der Waals surface area contributed by atoms with Crippen LogP contribution in [-0.4, -0.2) is 16.4 Å². The number of rotatable bonds is 2. The number of aromatic nitrogens is 2. The molecule has 2 aliphatic rings. The van der Waals surface area contributed by atoms with E-state index in [1.807, 2.05) is 16.9 Å². The predicted molar refractivity (Wildman–Crippen MR) is 87.6 cm³/mol. The van der Waals surface area contributed by atoms with Crippen molar-refractivity contribution in [3.63, 3.8) is 0 Å². The molecule has 0 radical (unpaired) electrons. The van der Waals surface area contributed by atoms with Gasteiger partial charge in [-0.05, 0) is 55.4 Å². The van der Waals surface area contributed by atoms with Crippen LogP contribution in [0.2, 0.25) is 0 Å². The fraction of sp³-hybridized carbons (Fsp3) is 0.368. The van der Waals surface area contributed by atoms with Crippen LogP contribution in [-0.2, 0) is 11.2 Å². The van der Waals surface area contributed by atoms with Crippen LogP contribution < -0.4 is 0 Å². The molecule has 4 rings (SSSR count). The Kier molecular flexibility index (Phi) is 3.91. The fourth-order valence-corrected chi connectivity index (χ4v) is 3.43. The minimum Gasteiger partial charge on any atom is -0.357 e. The molecule has 5 heteroatoms. The van der Waals surface area contributed by atoms with Crippen LogP contribution in [0, 0.1) is 17.1 Å². The monoisotopic (exact) mass is 323 g/mol. The molecule has 1 saturated heterocycles. The maximum Gasteiger partial charge on any atom is 0.150 e. The second kappa shape index (κ2) is 6.21. The average Bonchev–Trinajstić information content (AvgIpc) is 3.06. The smallest absolute Gasteiger partial charge is 0.150 e. The van der Waals surface area contributed by atoms with Crippen molar-refractivity contribution < 1.29 is 9.13 Å². The molecular formula is C19H18FN3O. The predicted octanol–water partition coefficient (Wildman–Crippen LogP) is 3.97. The molecule has 1 aliphatic heterocycles. The third-order valence-corrected chi connectivity index (χ3v) is 4.68. The molecule has 1 aliphatic carbocycles. The van der Waals surface area contributed by atoms with Gasteiger partial charge in [0, 0.05) is 18.4 Å². The van der Waals surface area contributed by atoms with Gasteiger partial charge in [-0.2, -0.15) is 10.4 Å². The van der Waals surface area contributed by atoms with Crippen LogP contribution in [0.15, 0.2) is 30.5 Å². The Labute approximate surface area is 140 Å². The van der Waals surface area contributed by atoms with Gasteiger partial charge in [-0.15, -0.1) is 0 Å². The number of hydrogen-bond acceptors (Lipinski definition) is 3. The molecule has 1 unspecified atom stereocenters. The molecule has 0 N–H and O–H groups in total. The van der Waals surface area contributed by atoms with Crippen LogP contribution in [0.3, 0.4) is 0 Å². The van der Waals surface area contributed by atoms with E-state index < -0.39 is 5.82 Å². The van der Waals surface area contributed by atoms with E-state index in [1.54, 1.807) is 6.07 Å². The third kappa shape index (κ3) is 2.63. The topological polar surface area (TPSA) is 50.8 Å². The average molecular weight is 323 g/mol. The highest BCUT2D eigenvalue weighted by molar-refractivity contribution is 5.82. The highest BCUT2D eigenvalue weighted by Crippen LogP contribution is 2.33. The Morgan fingerprint density at radius 3 is 3.00 bits per heavy atom. The van der Waals surface area contributed by atoms with Crippen molar-refractivity contribution in [2.75, 3.05) is 6.61 Å². The molecule has 122 valence electrons. The van der Waals surface area contributed by atoms with Crippen LogP contribution in [0.25, 0.3) is 5.57 Å². The zero-order valence-corrected chi connectivity index (χ0v) is 13.3. The van der Waals surface area contributed by atoms with Gasteiger partial charge in [0.05, 0.1) is 11.3 Å². The zero-order chi connectivity index (χ0) is 16.5. The molecule has 1 aromatic carbocycles. The van der Waals surface area contributed by atoms with Crippen LogP contribution in [0.1, 0.15) is 54.3 Å². The van der Waals surface area contributed by atoms with E-state index in [0.717, 1.165) is 61.1 Å².